The molecule has 114 valence electrons. The number of aliphatic hydroxyl groups is 4. The summed E-state index contributed by atoms with van der Waals surface area (Å²) >= 11 is 0. The molecule has 0 aliphatic rings. The molecule has 0 spiro atoms. The standard InChI is InChI=1S/C13H21NO6/c15-3-1-5-19-12(17)10-7-11(9-14-8-10)13(18)20-6-2-4-16/h7-9,12-13,15-18H,1-6H2. The molecule has 0 aromatic carbocycles. The Bertz CT molecular complexity index is 344. The molecule has 2 unspecified atom stereocenters. The van der Waals surface area contributed by atoms with E-state index < -0.39 is 12.6 Å². The lowest BCUT2D eigenvalue weighted by Gasteiger charge is -2.15. The van der Waals surface area contributed by atoms with Crippen LogP contribution in [0.4, 0.5) is 0 Å². The molecular formula is C13H21NO6. The Morgan fingerprint density at radius 1 is 0.900 bits per heavy atom. The van der Waals surface area contributed by atoms with Gasteiger partial charge < -0.3 is 29.9 Å². The van der Waals surface area contributed by atoms with Crippen LogP contribution >= 0.6 is 0 Å². The fraction of sp³-hybridized carbons (Fsp3) is 0.615. The van der Waals surface area contributed by atoms with E-state index in [9.17, 15) is 10.2 Å². The molecule has 4 N–H and O–H groups in total. The summed E-state index contributed by atoms with van der Waals surface area (Å²) in [6, 6.07) is 1.53. The Balaban J connectivity index is 2.55. The lowest BCUT2D eigenvalue weighted by molar-refractivity contribution is -0.109. The fourth-order valence-corrected chi connectivity index (χ4v) is 1.46. The Morgan fingerprint density at radius 2 is 1.35 bits per heavy atom. The maximum atomic E-state index is 9.77. The lowest BCUT2D eigenvalue weighted by atomic mass is 10.2. The Labute approximate surface area is 117 Å². The molecule has 1 rings (SSSR count). The van der Waals surface area contributed by atoms with Crippen molar-refractivity contribution in [3.05, 3.63) is 29.6 Å². The summed E-state index contributed by atoms with van der Waals surface area (Å²) in [7, 11) is 0. The zero-order valence-corrected chi connectivity index (χ0v) is 11.2. The molecule has 7 heteroatoms. The molecule has 7 nitrogen and oxygen atoms in total. The maximum Gasteiger partial charge on any atom is 0.182 e. The number of hydrogen-bond donors (Lipinski definition) is 4. The van der Waals surface area contributed by atoms with Crippen LogP contribution in [0.15, 0.2) is 18.5 Å². The van der Waals surface area contributed by atoms with Gasteiger partial charge in [0.1, 0.15) is 0 Å². The normalized spacial score (nSPS) is 14.2. The molecule has 0 fully saturated rings. The van der Waals surface area contributed by atoms with Crippen molar-refractivity contribution in [2.24, 2.45) is 0 Å². The van der Waals surface area contributed by atoms with E-state index in [4.69, 9.17) is 19.7 Å². The van der Waals surface area contributed by atoms with E-state index in [0.29, 0.717) is 24.0 Å². The van der Waals surface area contributed by atoms with E-state index in [1.165, 1.54) is 18.5 Å². The minimum atomic E-state index is -1.17. The molecule has 20 heavy (non-hydrogen) atoms. The molecule has 1 aromatic heterocycles. The monoisotopic (exact) mass is 287 g/mol. The van der Waals surface area contributed by atoms with Gasteiger partial charge in [-0.05, 0) is 18.9 Å². The van der Waals surface area contributed by atoms with E-state index in [0.717, 1.165) is 0 Å². The first-order valence-electron chi connectivity index (χ1n) is 6.45. The van der Waals surface area contributed by atoms with Crippen molar-refractivity contribution in [3.63, 3.8) is 0 Å². The average Bonchev–Trinajstić information content (AvgIpc) is 2.47. The number of aliphatic hydroxyl groups excluding tert-OH is 4. The smallest absolute Gasteiger partial charge is 0.182 e. The summed E-state index contributed by atoms with van der Waals surface area (Å²) < 4.78 is 10.2. The van der Waals surface area contributed by atoms with Gasteiger partial charge in [-0.3, -0.25) is 4.98 Å². The van der Waals surface area contributed by atoms with Crippen LogP contribution in [0.5, 0.6) is 0 Å². The van der Waals surface area contributed by atoms with Crippen LogP contribution in [0.3, 0.4) is 0 Å². The summed E-state index contributed by atoms with van der Waals surface area (Å²) in [5.41, 5.74) is 0.787. The second-order valence-corrected chi connectivity index (χ2v) is 4.15. The summed E-state index contributed by atoms with van der Waals surface area (Å²) in [6.45, 7) is 0.416. The van der Waals surface area contributed by atoms with Crippen LogP contribution in [0, 0.1) is 0 Å². The molecule has 2 atom stereocenters. The predicted octanol–water partition coefficient (Wildman–Crippen LogP) is -0.139. The highest BCUT2D eigenvalue weighted by Crippen LogP contribution is 2.19. The molecule has 0 aliphatic heterocycles. The van der Waals surface area contributed by atoms with Crippen molar-refractivity contribution < 1.29 is 29.9 Å². The Morgan fingerprint density at radius 3 is 1.75 bits per heavy atom. The van der Waals surface area contributed by atoms with Crippen molar-refractivity contribution in [2.45, 2.75) is 25.4 Å². The van der Waals surface area contributed by atoms with Gasteiger partial charge in [0, 0.05) is 36.7 Å². The highest BCUT2D eigenvalue weighted by molar-refractivity contribution is 5.19. The minimum absolute atomic E-state index is 0.0115. The van der Waals surface area contributed by atoms with Gasteiger partial charge in [0.2, 0.25) is 0 Å². The van der Waals surface area contributed by atoms with Crippen molar-refractivity contribution in [1.29, 1.82) is 0 Å². The van der Waals surface area contributed by atoms with E-state index in [1.807, 2.05) is 0 Å². The molecule has 0 aliphatic carbocycles. The third kappa shape index (κ3) is 5.91. The average molecular weight is 287 g/mol. The lowest BCUT2D eigenvalue weighted by Crippen LogP contribution is -2.09. The number of rotatable bonds is 10. The third-order valence-electron chi connectivity index (χ3n) is 2.51. The number of nitrogens with zero attached hydrogens (tertiary/aromatic N) is 1. The second-order valence-electron chi connectivity index (χ2n) is 4.15. The zero-order valence-electron chi connectivity index (χ0n) is 11.2. The minimum Gasteiger partial charge on any atom is -0.396 e. The molecule has 0 bridgehead atoms. The number of pyridine rings is 1. The van der Waals surface area contributed by atoms with Crippen LogP contribution < -0.4 is 0 Å². The molecule has 0 radical (unpaired) electrons. The number of aromatic nitrogens is 1. The zero-order chi connectivity index (χ0) is 14.8. The van der Waals surface area contributed by atoms with Crippen molar-refractivity contribution in [1.82, 2.24) is 4.98 Å². The van der Waals surface area contributed by atoms with E-state index in [-0.39, 0.29) is 26.4 Å². The Kier molecular flexibility index (Phi) is 8.28. The SMILES string of the molecule is OCCCOC(O)c1cncc(C(O)OCCCO)c1. The molecule has 0 amide bonds. The van der Waals surface area contributed by atoms with E-state index >= 15 is 0 Å². The van der Waals surface area contributed by atoms with Crippen LogP contribution in [-0.4, -0.2) is 51.8 Å². The molecule has 1 aromatic rings. The first kappa shape index (κ1) is 17.0. The van der Waals surface area contributed by atoms with Crippen LogP contribution in [-0.2, 0) is 9.47 Å². The van der Waals surface area contributed by atoms with Crippen LogP contribution in [0.1, 0.15) is 36.5 Å². The van der Waals surface area contributed by atoms with Gasteiger partial charge in [-0.25, -0.2) is 0 Å². The van der Waals surface area contributed by atoms with Gasteiger partial charge in [0.25, 0.3) is 0 Å². The van der Waals surface area contributed by atoms with Gasteiger partial charge in [0.05, 0.1) is 13.2 Å². The maximum absolute atomic E-state index is 9.77. The van der Waals surface area contributed by atoms with E-state index in [1.54, 1.807) is 0 Å². The van der Waals surface area contributed by atoms with Gasteiger partial charge in [0.15, 0.2) is 12.6 Å². The highest BCUT2D eigenvalue weighted by Gasteiger charge is 2.13. The Hall–Kier alpha value is -1.09. The fourth-order valence-electron chi connectivity index (χ4n) is 1.46. The van der Waals surface area contributed by atoms with Crippen LogP contribution in [0.25, 0.3) is 0 Å². The summed E-state index contributed by atoms with van der Waals surface area (Å²) in [5, 5.41) is 36.8. The second kappa shape index (κ2) is 9.76. The first-order chi connectivity index (χ1) is 9.69. The van der Waals surface area contributed by atoms with Gasteiger partial charge in [-0.1, -0.05) is 0 Å². The molecular weight excluding hydrogens is 266 g/mol. The highest BCUT2D eigenvalue weighted by atomic mass is 16.6. The number of hydrogen-bond acceptors (Lipinski definition) is 7. The van der Waals surface area contributed by atoms with Gasteiger partial charge >= 0.3 is 0 Å². The van der Waals surface area contributed by atoms with Gasteiger partial charge in [-0.15, -0.1) is 0 Å². The first-order valence-corrected chi connectivity index (χ1v) is 6.45. The summed E-state index contributed by atoms with van der Waals surface area (Å²) in [5.74, 6) is 0. The topological polar surface area (TPSA) is 112 Å². The van der Waals surface area contributed by atoms with Crippen molar-refractivity contribution in [3.8, 4) is 0 Å². The largest absolute Gasteiger partial charge is 0.396 e. The third-order valence-corrected chi connectivity index (χ3v) is 2.51. The quantitative estimate of drug-likeness (QED) is 0.350. The van der Waals surface area contributed by atoms with Crippen molar-refractivity contribution >= 4 is 0 Å². The van der Waals surface area contributed by atoms with Crippen LogP contribution in [0.2, 0.25) is 0 Å². The van der Waals surface area contributed by atoms with Crippen molar-refractivity contribution in [2.75, 3.05) is 26.4 Å². The van der Waals surface area contributed by atoms with Gasteiger partial charge in [-0.2, -0.15) is 0 Å². The predicted molar refractivity (Wildman–Crippen MR) is 69.5 cm³/mol. The molecule has 0 saturated carbocycles. The molecule has 0 saturated heterocycles. The number of ether oxygens (including phenoxy) is 2. The molecule has 1 heterocycles. The summed E-state index contributed by atoms with van der Waals surface area (Å²) in [6.07, 6.45) is 1.37. The van der Waals surface area contributed by atoms with E-state index in [2.05, 4.69) is 4.98 Å². The summed E-state index contributed by atoms with van der Waals surface area (Å²) in [4.78, 5) is 3.90.